The quantitative estimate of drug-likeness (QED) is 0.898. The van der Waals surface area contributed by atoms with Crippen LogP contribution in [0, 0.1) is 5.82 Å². The summed E-state index contributed by atoms with van der Waals surface area (Å²) in [4.78, 5) is 18.8. The summed E-state index contributed by atoms with van der Waals surface area (Å²) in [6, 6.07) is 8.79. The number of nitrogens with zero attached hydrogens (tertiary/aromatic N) is 2. The monoisotopic (exact) mass is 369 g/mol. The molecule has 2 fully saturated rings. The van der Waals surface area contributed by atoms with E-state index < -0.39 is 5.54 Å². The van der Waals surface area contributed by atoms with Gasteiger partial charge in [-0.15, -0.1) is 0 Å². The summed E-state index contributed by atoms with van der Waals surface area (Å²) in [7, 11) is 1.85. The fraction of sp³-hybridized carbons (Fsp3) is 0.429. The summed E-state index contributed by atoms with van der Waals surface area (Å²) < 4.78 is 19.7. The number of benzene rings is 1. The minimum atomic E-state index is -0.452. The molecule has 6 heteroatoms. The predicted molar refractivity (Wildman–Crippen MR) is 101 cm³/mol. The zero-order chi connectivity index (χ0) is 19.0. The molecule has 1 amide bonds. The van der Waals surface area contributed by atoms with Gasteiger partial charge in [0.25, 0.3) is 0 Å². The number of likely N-dealkylation sites (tertiary alicyclic amines) is 1. The third kappa shape index (κ3) is 3.08. The van der Waals surface area contributed by atoms with E-state index in [1.165, 1.54) is 6.07 Å². The number of ether oxygens (including phenoxy) is 1. The number of nitrogens with one attached hydrogen (secondary N) is 1. The molecule has 0 radical (unpaired) electrons. The Kier molecular flexibility index (Phi) is 4.60. The molecule has 0 bridgehead atoms. The van der Waals surface area contributed by atoms with Crippen molar-refractivity contribution in [3.8, 4) is 16.9 Å². The number of amides is 1. The molecule has 4 rings (SSSR count). The molecule has 2 saturated heterocycles. The maximum Gasteiger partial charge on any atom is 0.242 e. The topological polar surface area (TPSA) is 54.5 Å². The van der Waals surface area contributed by atoms with Gasteiger partial charge < -0.3 is 9.64 Å². The van der Waals surface area contributed by atoms with E-state index >= 15 is 0 Å². The van der Waals surface area contributed by atoms with Crippen molar-refractivity contribution in [2.75, 3.05) is 20.2 Å². The standard InChI is InChI=1S/C21H24FN3O2/c1-3-27-19-15(5-4-6-16(19)22)14-8-11-23-18(13-14)17-7-9-21(24-17)10-12-25(2)20(21)26/h4-6,8,11,13,17,24H,3,7,9-10,12H2,1-2H3. The van der Waals surface area contributed by atoms with Gasteiger partial charge in [-0.2, -0.15) is 0 Å². The Labute approximate surface area is 158 Å². The molecule has 2 aliphatic rings. The molecule has 5 nitrogen and oxygen atoms in total. The number of halogens is 1. The molecule has 2 atom stereocenters. The van der Waals surface area contributed by atoms with Gasteiger partial charge in [0, 0.05) is 25.4 Å². The fourth-order valence-electron chi connectivity index (χ4n) is 4.22. The highest BCUT2D eigenvalue weighted by molar-refractivity contribution is 5.88. The van der Waals surface area contributed by atoms with E-state index in [1.807, 2.05) is 32.2 Å². The Morgan fingerprint density at radius 3 is 2.96 bits per heavy atom. The lowest BCUT2D eigenvalue weighted by Gasteiger charge is -2.23. The zero-order valence-corrected chi connectivity index (χ0v) is 15.7. The molecule has 1 aromatic heterocycles. The first-order valence-electron chi connectivity index (χ1n) is 9.45. The number of aromatic nitrogens is 1. The SMILES string of the molecule is CCOc1c(F)cccc1-c1ccnc(C2CCC3(CCN(C)C3=O)N2)c1. The van der Waals surface area contributed by atoms with Crippen LogP contribution in [0.3, 0.4) is 0 Å². The first-order chi connectivity index (χ1) is 13.0. The molecular weight excluding hydrogens is 345 g/mol. The van der Waals surface area contributed by atoms with E-state index in [-0.39, 0.29) is 23.5 Å². The highest BCUT2D eigenvalue weighted by atomic mass is 19.1. The molecule has 0 aliphatic carbocycles. The molecule has 2 aromatic rings. The average molecular weight is 369 g/mol. The summed E-state index contributed by atoms with van der Waals surface area (Å²) >= 11 is 0. The van der Waals surface area contributed by atoms with Crippen molar-refractivity contribution >= 4 is 5.91 Å². The number of likely N-dealkylation sites (N-methyl/N-ethyl adjacent to an activating group) is 1. The van der Waals surface area contributed by atoms with E-state index in [0.717, 1.165) is 37.1 Å². The number of rotatable bonds is 4. The maximum absolute atomic E-state index is 14.2. The van der Waals surface area contributed by atoms with Gasteiger partial charge in [-0.3, -0.25) is 15.1 Å². The van der Waals surface area contributed by atoms with Crippen LogP contribution in [0.15, 0.2) is 36.5 Å². The summed E-state index contributed by atoms with van der Waals surface area (Å²) in [5.41, 5.74) is 2.00. The Bertz CT molecular complexity index is 872. The van der Waals surface area contributed by atoms with Crippen molar-refractivity contribution in [2.45, 2.75) is 37.8 Å². The molecule has 2 unspecified atom stereocenters. The van der Waals surface area contributed by atoms with Gasteiger partial charge in [0.2, 0.25) is 5.91 Å². The largest absolute Gasteiger partial charge is 0.490 e. The van der Waals surface area contributed by atoms with Gasteiger partial charge in [-0.05, 0) is 49.9 Å². The molecule has 1 aromatic carbocycles. The second kappa shape index (κ2) is 6.93. The predicted octanol–water partition coefficient (Wildman–Crippen LogP) is 3.31. The molecule has 1 spiro atoms. The van der Waals surface area contributed by atoms with Crippen LogP contribution in [0.2, 0.25) is 0 Å². The van der Waals surface area contributed by atoms with E-state index in [9.17, 15) is 9.18 Å². The number of hydrogen-bond donors (Lipinski definition) is 1. The van der Waals surface area contributed by atoms with Gasteiger partial charge in [-0.1, -0.05) is 12.1 Å². The number of carbonyl (C=O) groups is 1. The zero-order valence-electron chi connectivity index (χ0n) is 15.7. The van der Waals surface area contributed by atoms with Crippen molar-refractivity contribution in [3.63, 3.8) is 0 Å². The third-order valence-corrected chi connectivity index (χ3v) is 5.65. The minimum absolute atomic E-state index is 0.0181. The Hall–Kier alpha value is -2.47. The molecular formula is C21H24FN3O2. The van der Waals surface area contributed by atoms with Gasteiger partial charge in [0.05, 0.1) is 18.3 Å². The third-order valence-electron chi connectivity index (χ3n) is 5.65. The van der Waals surface area contributed by atoms with E-state index in [1.54, 1.807) is 17.2 Å². The second-order valence-corrected chi connectivity index (χ2v) is 7.31. The van der Waals surface area contributed by atoms with Crippen molar-refractivity contribution < 1.29 is 13.9 Å². The first kappa shape index (κ1) is 17.9. The highest BCUT2D eigenvalue weighted by Gasteiger charge is 2.50. The lowest BCUT2D eigenvalue weighted by atomic mass is 9.96. The van der Waals surface area contributed by atoms with Crippen LogP contribution in [-0.4, -0.2) is 41.5 Å². The van der Waals surface area contributed by atoms with E-state index in [2.05, 4.69) is 10.3 Å². The van der Waals surface area contributed by atoms with E-state index in [0.29, 0.717) is 12.2 Å². The van der Waals surface area contributed by atoms with Crippen molar-refractivity contribution in [2.24, 2.45) is 0 Å². The second-order valence-electron chi connectivity index (χ2n) is 7.31. The van der Waals surface area contributed by atoms with E-state index in [4.69, 9.17) is 4.74 Å². The van der Waals surface area contributed by atoms with Gasteiger partial charge in [-0.25, -0.2) is 4.39 Å². The Morgan fingerprint density at radius 2 is 2.22 bits per heavy atom. The number of para-hydroxylation sites is 1. The van der Waals surface area contributed by atoms with Crippen LogP contribution >= 0.6 is 0 Å². The highest BCUT2D eigenvalue weighted by Crippen LogP contribution is 2.40. The fourth-order valence-corrected chi connectivity index (χ4v) is 4.22. The van der Waals surface area contributed by atoms with Crippen molar-refractivity contribution in [3.05, 3.63) is 48.0 Å². The lowest BCUT2D eigenvalue weighted by molar-refractivity contribution is -0.131. The summed E-state index contributed by atoms with van der Waals surface area (Å²) in [6.07, 6.45) is 4.24. The average Bonchev–Trinajstić information content (AvgIpc) is 3.24. The summed E-state index contributed by atoms with van der Waals surface area (Å²) in [6.45, 7) is 3.02. The van der Waals surface area contributed by atoms with Crippen LogP contribution in [-0.2, 0) is 4.79 Å². The first-order valence-corrected chi connectivity index (χ1v) is 9.45. The minimum Gasteiger partial charge on any atom is -0.490 e. The number of pyridine rings is 1. The van der Waals surface area contributed by atoms with Crippen molar-refractivity contribution in [1.29, 1.82) is 0 Å². The molecule has 2 aliphatic heterocycles. The number of carbonyl (C=O) groups excluding carboxylic acids is 1. The van der Waals surface area contributed by atoms with Gasteiger partial charge in [0.15, 0.2) is 11.6 Å². The molecule has 27 heavy (non-hydrogen) atoms. The van der Waals surface area contributed by atoms with Gasteiger partial charge in [0.1, 0.15) is 5.54 Å². The van der Waals surface area contributed by atoms with Crippen LogP contribution in [0.4, 0.5) is 4.39 Å². The molecule has 1 N–H and O–H groups in total. The smallest absolute Gasteiger partial charge is 0.242 e. The molecule has 3 heterocycles. The van der Waals surface area contributed by atoms with Crippen LogP contribution in [0.5, 0.6) is 5.75 Å². The summed E-state index contributed by atoms with van der Waals surface area (Å²) in [5.74, 6) is 0.0655. The molecule has 142 valence electrons. The Balaban J connectivity index is 1.63. The van der Waals surface area contributed by atoms with Crippen molar-refractivity contribution in [1.82, 2.24) is 15.2 Å². The Morgan fingerprint density at radius 1 is 1.37 bits per heavy atom. The molecule has 0 saturated carbocycles. The number of hydrogen-bond acceptors (Lipinski definition) is 4. The van der Waals surface area contributed by atoms with Crippen LogP contribution in [0.25, 0.3) is 11.1 Å². The van der Waals surface area contributed by atoms with Crippen LogP contribution < -0.4 is 10.1 Å². The van der Waals surface area contributed by atoms with Gasteiger partial charge >= 0.3 is 0 Å². The lowest BCUT2D eigenvalue weighted by Crippen LogP contribution is -2.47. The van der Waals surface area contributed by atoms with Crippen LogP contribution in [0.1, 0.15) is 37.9 Å². The summed E-state index contributed by atoms with van der Waals surface area (Å²) in [5, 5.41) is 3.53. The maximum atomic E-state index is 14.2. The normalized spacial score (nSPS) is 24.8.